The van der Waals surface area contributed by atoms with Crippen molar-refractivity contribution >= 4 is 5.69 Å². The van der Waals surface area contributed by atoms with Gasteiger partial charge in [0.05, 0.1) is 23.0 Å². The van der Waals surface area contributed by atoms with E-state index in [-0.39, 0.29) is 25.7 Å². The minimum Gasteiger partial charge on any atom is -0.416 e. The molecule has 7 nitrogen and oxygen atoms in total. The van der Waals surface area contributed by atoms with Gasteiger partial charge in [-0.15, -0.1) is 10.2 Å². The molecule has 1 aliphatic rings. The molecular weight excluding hydrogens is 422 g/mol. The summed E-state index contributed by atoms with van der Waals surface area (Å²) >= 11 is 0. The molecule has 4 bridgehead atoms. The van der Waals surface area contributed by atoms with Crippen LogP contribution in [0.15, 0.2) is 10.5 Å². The van der Waals surface area contributed by atoms with Gasteiger partial charge >= 0.3 is 12.4 Å². The lowest BCUT2D eigenvalue weighted by Crippen LogP contribution is -2.42. The summed E-state index contributed by atoms with van der Waals surface area (Å²) in [6.07, 6.45) is -11.7. The predicted molar refractivity (Wildman–Crippen MR) is 89.6 cm³/mol. The third-order valence-corrected chi connectivity index (χ3v) is 4.92. The Labute approximate surface area is 165 Å². The molecule has 2 atom stereocenters. The van der Waals surface area contributed by atoms with Gasteiger partial charge in [-0.05, 0) is 25.3 Å². The molecule has 0 amide bonds. The lowest BCUT2D eigenvalue weighted by atomic mass is 9.94. The van der Waals surface area contributed by atoms with Gasteiger partial charge in [0.15, 0.2) is 5.69 Å². The molecule has 1 aliphatic heterocycles. The highest BCUT2D eigenvalue weighted by Crippen LogP contribution is 2.44. The second-order valence-corrected chi connectivity index (χ2v) is 7.10. The number of anilines is 1. The molecule has 0 radical (unpaired) electrons. The summed E-state index contributed by atoms with van der Waals surface area (Å²) in [5.74, 6) is -1.87. The van der Waals surface area contributed by atoms with E-state index in [2.05, 4.69) is 15.2 Å². The number of fused-ring (bicyclic) bond motifs is 5. The van der Waals surface area contributed by atoms with E-state index < -0.39 is 64.9 Å². The Morgan fingerprint density at radius 1 is 1.07 bits per heavy atom. The van der Waals surface area contributed by atoms with E-state index in [1.165, 1.54) is 0 Å². The number of rotatable bonds is 0. The van der Waals surface area contributed by atoms with Crippen LogP contribution in [0.1, 0.15) is 61.8 Å². The van der Waals surface area contributed by atoms with Crippen LogP contribution >= 0.6 is 0 Å². The molecule has 0 saturated heterocycles. The zero-order chi connectivity index (χ0) is 22.3. The largest absolute Gasteiger partial charge is 0.426 e. The monoisotopic (exact) mass is 440 g/mol. The number of hydrogen-bond acceptors (Lipinski definition) is 7. The molecule has 2 aromatic heterocycles. The standard InChI is InChI=1S/C17H18F6N4O3/c18-16(19,20)8-7-9(24)12-13-26-27-14(30-13)15(29,17(21,22)23)6-4-2-1-3-5-10(28)11(8)25-12/h7,10,28-29H,1-6,24H2. The van der Waals surface area contributed by atoms with E-state index in [4.69, 9.17) is 10.2 Å². The topological polar surface area (TPSA) is 118 Å². The molecule has 13 heteroatoms. The number of aliphatic hydroxyl groups excluding tert-OH is 1. The first-order valence-electron chi connectivity index (χ1n) is 9.03. The van der Waals surface area contributed by atoms with E-state index in [1.807, 2.05) is 0 Å². The van der Waals surface area contributed by atoms with Crippen molar-refractivity contribution in [1.82, 2.24) is 15.2 Å². The third kappa shape index (κ3) is 4.08. The lowest BCUT2D eigenvalue weighted by Gasteiger charge is -2.27. The first-order chi connectivity index (χ1) is 13.8. The van der Waals surface area contributed by atoms with Crippen LogP contribution in [0.25, 0.3) is 11.6 Å². The van der Waals surface area contributed by atoms with Gasteiger partial charge in [0.25, 0.3) is 11.8 Å². The second-order valence-electron chi connectivity index (χ2n) is 7.10. The third-order valence-electron chi connectivity index (χ3n) is 4.92. The molecule has 2 unspecified atom stereocenters. The number of halogens is 6. The summed E-state index contributed by atoms with van der Waals surface area (Å²) in [4.78, 5) is 3.71. The highest BCUT2D eigenvalue weighted by Gasteiger charge is 2.58. The van der Waals surface area contributed by atoms with Gasteiger partial charge in [-0.25, -0.2) is 4.98 Å². The molecule has 0 aromatic carbocycles. The molecule has 0 saturated carbocycles. The SMILES string of the molecule is Nc1cc(C(F)(F)F)c2nc1-c1nnc(o1)C(O)(C(F)(F)F)CCCCCCC2O. The first-order valence-corrected chi connectivity index (χ1v) is 9.03. The number of hydrogen-bond donors (Lipinski definition) is 3. The Morgan fingerprint density at radius 3 is 2.37 bits per heavy atom. The quantitative estimate of drug-likeness (QED) is 0.532. The average Bonchev–Trinajstić information content (AvgIpc) is 3.11. The zero-order valence-electron chi connectivity index (χ0n) is 15.4. The normalized spacial score (nSPS) is 23.8. The van der Waals surface area contributed by atoms with Crippen LogP contribution in [-0.2, 0) is 11.8 Å². The molecule has 3 rings (SSSR count). The Bertz CT molecular complexity index is 914. The lowest BCUT2D eigenvalue weighted by molar-refractivity contribution is -0.277. The Morgan fingerprint density at radius 2 is 1.73 bits per heavy atom. The summed E-state index contributed by atoms with van der Waals surface area (Å²) in [5, 5.41) is 27.2. The molecule has 0 aliphatic carbocycles. The fourth-order valence-corrected chi connectivity index (χ4v) is 3.26. The van der Waals surface area contributed by atoms with Crippen molar-refractivity contribution in [3.05, 3.63) is 23.2 Å². The fraction of sp³-hybridized carbons (Fsp3) is 0.588. The molecule has 3 heterocycles. The first kappa shape index (κ1) is 22.3. The van der Waals surface area contributed by atoms with E-state index in [0.29, 0.717) is 12.5 Å². The number of nitrogens with zero attached hydrogens (tertiary/aromatic N) is 3. The molecule has 30 heavy (non-hydrogen) atoms. The Balaban J connectivity index is 2.19. The summed E-state index contributed by atoms with van der Waals surface area (Å²) in [6.45, 7) is 0. The number of alkyl halides is 6. The van der Waals surface area contributed by atoms with Crippen LogP contribution in [-0.4, -0.2) is 31.6 Å². The maximum absolute atomic E-state index is 13.5. The van der Waals surface area contributed by atoms with Crippen LogP contribution in [0.4, 0.5) is 32.0 Å². The van der Waals surface area contributed by atoms with Gasteiger partial charge in [0.2, 0.25) is 5.60 Å². The number of nitrogens with two attached hydrogens (primary N) is 1. The smallest absolute Gasteiger partial charge is 0.416 e. The highest BCUT2D eigenvalue weighted by atomic mass is 19.4. The fourth-order valence-electron chi connectivity index (χ4n) is 3.26. The molecule has 4 N–H and O–H groups in total. The van der Waals surface area contributed by atoms with E-state index in [0.717, 1.165) is 0 Å². The summed E-state index contributed by atoms with van der Waals surface area (Å²) in [6, 6.07) is 0.507. The van der Waals surface area contributed by atoms with Gasteiger partial charge in [0.1, 0.15) is 0 Å². The van der Waals surface area contributed by atoms with Crippen molar-refractivity contribution in [2.24, 2.45) is 0 Å². The van der Waals surface area contributed by atoms with Gasteiger partial charge in [-0.1, -0.05) is 19.3 Å². The highest BCUT2D eigenvalue weighted by molar-refractivity contribution is 5.67. The Kier molecular flexibility index (Phi) is 5.71. The summed E-state index contributed by atoms with van der Waals surface area (Å²) in [5.41, 5.74) is -0.928. The van der Waals surface area contributed by atoms with Crippen LogP contribution in [0.3, 0.4) is 0 Å². The molecule has 0 fully saturated rings. The van der Waals surface area contributed by atoms with Crippen LogP contribution in [0.5, 0.6) is 0 Å². The number of aliphatic hydroxyl groups is 2. The maximum Gasteiger partial charge on any atom is 0.426 e. The zero-order valence-corrected chi connectivity index (χ0v) is 15.4. The minimum atomic E-state index is -5.13. The van der Waals surface area contributed by atoms with Gasteiger partial charge in [-0.3, -0.25) is 0 Å². The maximum atomic E-state index is 13.5. The van der Waals surface area contributed by atoms with E-state index >= 15 is 0 Å². The molecule has 2 aromatic rings. The second kappa shape index (κ2) is 7.69. The number of nitrogen functional groups attached to an aromatic ring is 1. The van der Waals surface area contributed by atoms with E-state index in [9.17, 15) is 36.6 Å². The van der Waals surface area contributed by atoms with Gasteiger partial charge < -0.3 is 20.4 Å². The average molecular weight is 440 g/mol. The van der Waals surface area contributed by atoms with Crippen LogP contribution in [0, 0.1) is 0 Å². The number of aromatic nitrogens is 3. The van der Waals surface area contributed by atoms with Crippen molar-refractivity contribution in [2.45, 2.75) is 62.6 Å². The van der Waals surface area contributed by atoms with Gasteiger partial charge in [0, 0.05) is 0 Å². The molecular formula is C17H18F6N4O3. The summed E-state index contributed by atoms with van der Waals surface area (Å²) < 4.78 is 85.7. The molecule has 166 valence electrons. The molecule has 0 spiro atoms. The van der Waals surface area contributed by atoms with Crippen LogP contribution in [0.2, 0.25) is 0 Å². The van der Waals surface area contributed by atoms with Gasteiger partial charge in [-0.2, -0.15) is 26.3 Å². The predicted octanol–water partition coefficient (Wildman–Crippen LogP) is 3.87. The van der Waals surface area contributed by atoms with Crippen molar-refractivity contribution in [3.63, 3.8) is 0 Å². The minimum absolute atomic E-state index is 0.0662. The van der Waals surface area contributed by atoms with Crippen molar-refractivity contribution < 1.29 is 41.0 Å². The van der Waals surface area contributed by atoms with Crippen molar-refractivity contribution in [3.8, 4) is 11.6 Å². The summed E-state index contributed by atoms with van der Waals surface area (Å²) in [7, 11) is 0. The van der Waals surface area contributed by atoms with Crippen molar-refractivity contribution in [2.75, 3.05) is 5.73 Å². The van der Waals surface area contributed by atoms with Crippen molar-refractivity contribution in [1.29, 1.82) is 0 Å². The number of pyridine rings is 1. The van der Waals surface area contributed by atoms with Crippen LogP contribution < -0.4 is 5.73 Å². The van der Waals surface area contributed by atoms with E-state index in [1.54, 1.807) is 0 Å². The Hall–Kier alpha value is -2.41.